The lowest BCUT2D eigenvalue weighted by molar-refractivity contribution is -0.125. The molecule has 1 aromatic carbocycles. The highest BCUT2D eigenvalue weighted by atomic mass is 16.1. The van der Waals surface area contributed by atoms with Gasteiger partial charge in [-0.25, -0.2) is 15.0 Å². The van der Waals surface area contributed by atoms with Crippen molar-refractivity contribution in [2.24, 2.45) is 5.92 Å². The van der Waals surface area contributed by atoms with Crippen LogP contribution >= 0.6 is 0 Å². The molecule has 0 spiro atoms. The second-order valence-electron chi connectivity index (χ2n) is 8.05. The van der Waals surface area contributed by atoms with Gasteiger partial charge in [-0.1, -0.05) is 30.3 Å². The Morgan fingerprint density at radius 2 is 2.07 bits per heavy atom. The number of nitrogens with zero attached hydrogens (tertiary/aromatic N) is 4. The third kappa shape index (κ3) is 3.79. The molecule has 0 unspecified atom stereocenters. The van der Waals surface area contributed by atoms with Crippen molar-refractivity contribution in [3.05, 3.63) is 59.8 Å². The van der Waals surface area contributed by atoms with Crippen LogP contribution in [0.15, 0.2) is 42.7 Å². The summed E-state index contributed by atoms with van der Waals surface area (Å²) >= 11 is 0. The molecule has 3 heterocycles. The molecule has 0 bridgehead atoms. The van der Waals surface area contributed by atoms with Crippen molar-refractivity contribution in [2.45, 2.75) is 38.6 Å². The largest absolute Gasteiger partial charge is 0.355 e. The highest BCUT2D eigenvalue weighted by molar-refractivity contribution is 5.79. The van der Waals surface area contributed by atoms with Crippen molar-refractivity contribution in [1.82, 2.24) is 25.3 Å². The van der Waals surface area contributed by atoms with E-state index in [0.29, 0.717) is 13.1 Å². The summed E-state index contributed by atoms with van der Waals surface area (Å²) in [5, 5.41) is 3.02. The molecule has 5 rings (SSSR count). The number of benzene rings is 1. The van der Waals surface area contributed by atoms with Crippen LogP contribution in [0.4, 0.5) is 5.82 Å². The van der Waals surface area contributed by atoms with Gasteiger partial charge in [0.1, 0.15) is 11.6 Å². The monoisotopic (exact) mass is 402 g/mol. The molecule has 1 fully saturated rings. The molecule has 1 aliphatic carbocycles. The molecule has 0 radical (unpaired) electrons. The zero-order valence-electron chi connectivity index (χ0n) is 17.0. The Balaban J connectivity index is 1.37. The van der Waals surface area contributed by atoms with Crippen molar-refractivity contribution in [1.29, 1.82) is 0 Å². The number of carbonyl (C=O) groups excluding carboxylic acids is 1. The Morgan fingerprint density at radius 3 is 2.90 bits per heavy atom. The van der Waals surface area contributed by atoms with E-state index >= 15 is 0 Å². The molecule has 1 atom stereocenters. The number of fused-ring (bicyclic) bond motifs is 1. The predicted molar refractivity (Wildman–Crippen MR) is 115 cm³/mol. The second kappa shape index (κ2) is 8.26. The highest BCUT2D eigenvalue weighted by Gasteiger charge is 2.30. The Hall–Kier alpha value is -3.22. The highest BCUT2D eigenvalue weighted by Crippen LogP contribution is 2.33. The fourth-order valence-electron chi connectivity index (χ4n) is 4.48. The molecule has 3 aromatic rings. The number of nitrogens with one attached hydrogen (secondary N) is 2. The van der Waals surface area contributed by atoms with Crippen molar-refractivity contribution in [2.75, 3.05) is 18.0 Å². The lowest BCUT2D eigenvalue weighted by Crippen LogP contribution is -2.43. The van der Waals surface area contributed by atoms with E-state index in [1.54, 1.807) is 12.4 Å². The summed E-state index contributed by atoms with van der Waals surface area (Å²) < 4.78 is 0. The topological polar surface area (TPSA) is 86.8 Å². The molecular weight excluding hydrogens is 376 g/mol. The van der Waals surface area contributed by atoms with E-state index in [9.17, 15) is 4.79 Å². The number of aryl methyl sites for hydroxylation is 1. The van der Waals surface area contributed by atoms with Gasteiger partial charge in [0.05, 0.1) is 12.5 Å². The van der Waals surface area contributed by atoms with Gasteiger partial charge in [-0.05, 0) is 32.1 Å². The zero-order valence-corrected chi connectivity index (χ0v) is 17.0. The van der Waals surface area contributed by atoms with Crippen LogP contribution in [0.2, 0.25) is 0 Å². The van der Waals surface area contributed by atoms with Gasteiger partial charge in [-0.15, -0.1) is 0 Å². The maximum atomic E-state index is 12.8. The maximum Gasteiger partial charge on any atom is 0.225 e. The summed E-state index contributed by atoms with van der Waals surface area (Å²) in [5.41, 5.74) is 3.48. The molecule has 0 saturated carbocycles. The number of imidazole rings is 1. The number of anilines is 1. The Bertz CT molecular complexity index is 1020. The summed E-state index contributed by atoms with van der Waals surface area (Å²) in [6.45, 7) is 2.06. The predicted octanol–water partition coefficient (Wildman–Crippen LogP) is 2.89. The third-order valence-electron chi connectivity index (χ3n) is 6.02. The summed E-state index contributed by atoms with van der Waals surface area (Å²) in [4.78, 5) is 32.1. The van der Waals surface area contributed by atoms with Crippen LogP contribution in [0, 0.1) is 5.92 Å². The number of rotatable bonds is 5. The van der Waals surface area contributed by atoms with Crippen LogP contribution in [0.25, 0.3) is 11.4 Å². The van der Waals surface area contributed by atoms with E-state index in [-0.39, 0.29) is 11.8 Å². The van der Waals surface area contributed by atoms with E-state index in [1.807, 2.05) is 18.2 Å². The molecule has 1 saturated heterocycles. The summed E-state index contributed by atoms with van der Waals surface area (Å²) in [6, 6.07) is 10.2. The standard InChI is InChI=1S/C23H26N6O/c30-23(26-14-20-24-11-12-25-20)17-8-5-13-29(15-17)22-18-9-4-10-19(18)27-21(28-22)16-6-2-1-3-7-16/h1-3,6-7,11-12,17H,4-5,8-10,13-15H2,(H,24,25)(H,26,30)/t17-/m0/s1. The summed E-state index contributed by atoms with van der Waals surface area (Å²) in [7, 11) is 0. The average Bonchev–Trinajstić information content (AvgIpc) is 3.49. The number of amides is 1. The van der Waals surface area contributed by atoms with Crippen LogP contribution in [0.3, 0.4) is 0 Å². The van der Waals surface area contributed by atoms with E-state index in [4.69, 9.17) is 9.97 Å². The Labute approximate surface area is 176 Å². The second-order valence-corrected chi connectivity index (χ2v) is 8.05. The van der Waals surface area contributed by atoms with Crippen molar-refractivity contribution < 1.29 is 4.79 Å². The number of aromatic amines is 1. The minimum atomic E-state index is -0.0408. The van der Waals surface area contributed by atoms with Crippen LogP contribution < -0.4 is 10.2 Å². The lowest BCUT2D eigenvalue weighted by Gasteiger charge is -2.34. The van der Waals surface area contributed by atoms with Gasteiger partial charge in [0.25, 0.3) is 0 Å². The first-order chi connectivity index (χ1) is 14.8. The molecule has 7 heteroatoms. The van der Waals surface area contributed by atoms with Crippen LogP contribution in [0.1, 0.15) is 36.3 Å². The number of hydrogen-bond acceptors (Lipinski definition) is 5. The maximum absolute atomic E-state index is 12.8. The number of carbonyl (C=O) groups is 1. The molecule has 1 aliphatic heterocycles. The molecule has 154 valence electrons. The average molecular weight is 403 g/mol. The van der Waals surface area contributed by atoms with Gasteiger partial charge in [0.15, 0.2) is 5.82 Å². The fraction of sp³-hybridized carbons (Fsp3) is 0.391. The summed E-state index contributed by atoms with van der Waals surface area (Å²) in [5.74, 6) is 2.64. The minimum absolute atomic E-state index is 0.0408. The number of aromatic nitrogens is 4. The first-order valence-electron chi connectivity index (χ1n) is 10.7. The van der Waals surface area contributed by atoms with E-state index < -0.39 is 0 Å². The van der Waals surface area contributed by atoms with Gasteiger partial charge in [-0.3, -0.25) is 4.79 Å². The van der Waals surface area contributed by atoms with Gasteiger partial charge >= 0.3 is 0 Å². The number of H-pyrrole nitrogens is 1. The third-order valence-corrected chi connectivity index (χ3v) is 6.02. The molecule has 30 heavy (non-hydrogen) atoms. The van der Waals surface area contributed by atoms with E-state index in [2.05, 4.69) is 32.3 Å². The van der Waals surface area contributed by atoms with Crippen LogP contribution in [-0.4, -0.2) is 38.9 Å². The van der Waals surface area contributed by atoms with Gasteiger partial charge < -0.3 is 15.2 Å². The van der Waals surface area contributed by atoms with Gasteiger partial charge in [0, 0.05) is 42.3 Å². The fourth-order valence-corrected chi connectivity index (χ4v) is 4.48. The van der Waals surface area contributed by atoms with Crippen molar-refractivity contribution in [3.8, 4) is 11.4 Å². The SMILES string of the molecule is O=C(NCc1ncc[nH]1)[C@H]1CCCN(c2nc(-c3ccccc3)nc3c2CCC3)C1. The van der Waals surface area contributed by atoms with Crippen molar-refractivity contribution >= 4 is 11.7 Å². The normalized spacial score (nSPS) is 18.3. The first-order valence-corrected chi connectivity index (χ1v) is 10.7. The Morgan fingerprint density at radius 1 is 1.17 bits per heavy atom. The molecule has 2 aromatic heterocycles. The van der Waals surface area contributed by atoms with Gasteiger partial charge in [-0.2, -0.15) is 0 Å². The number of hydrogen-bond donors (Lipinski definition) is 2. The van der Waals surface area contributed by atoms with Crippen molar-refractivity contribution in [3.63, 3.8) is 0 Å². The molecule has 7 nitrogen and oxygen atoms in total. The smallest absolute Gasteiger partial charge is 0.225 e. The Kier molecular flexibility index (Phi) is 5.17. The zero-order chi connectivity index (χ0) is 20.3. The van der Waals surface area contributed by atoms with Crippen LogP contribution in [0.5, 0.6) is 0 Å². The molecule has 2 aliphatic rings. The number of piperidine rings is 1. The van der Waals surface area contributed by atoms with E-state index in [1.165, 1.54) is 11.3 Å². The summed E-state index contributed by atoms with van der Waals surface area (Å²) in [6.07, 6.45) is 8.50. The van der Waals surface area contributed by atoms with E-state index in [0.717, 1.165) is 61.7 Å². The molecule has 1 amide bonds. The molecule has 2 N–H and O–H groups in total. The lowest BCUT2D eigenvalue weighted by atomic mass is 9.96. The quantitative estimate of drug-likeness (QED) is 0.685. The first kappa shape index (κ1) is 18.8. The molecular formula is C23H26N6O. The minimum Gasteiger partial charge on any atom is -0.355 e. The van der Waals surface area contributed by atoms with Gasteiger partial charge in [0.2, 0.25) is 5.91 Å². The van der Waals surface area contributed by atoms with Crippen LogP contribution in [-0.2, 0) is 24.2 Å².